The van der Waals surface area contributed by atoms with Crippen LogP contribution in [0.3, 0.4) is 0 Å². The number of imidazole rings is 1. The lowest BCUT2D eigenvalue weighted by Crippen LogP contribution is -2.40. The van der Waals surface area contributed by atoms with E-state index in [4.69, 9.17) is 5.11 Å². The Kier molecular flexibility index (Phi) is 5.15. The molecule has 1 saturated heterocycles. The molecule has 1 aromatic heterocycles. The summed E-state index contributed by atoms with van der Waals surface area (Å²) in [5, 5.41) is 8.72. The van der Waals surface area contributed by atoms with E-state index in [-0.39, 0.29) is 12.3 Å². The van der Waals surface area contributed by atoms with Crippen LogP contribution in [0.1, 0.15) is 32.1 Å². The Morgan fingerprint density at radius 3 is 2.90 bits per heavy atom. The number of aryl methyl sites for hydroxylation is 1. The number of piperidine rings is 1. The van der Waals surface area contributed by atoms with Crippen LogP contribution in [0.4, 0.5) is 0 Å². The summed E-state index contributed by atoms with van der Waals surface area (Å²) in [4.78, 5) is 28.6. The maximum Gasteiger partial charge on any atom is 0.303 e. The Hall–Kier alpha value is -1.85. The zero-order chi connectivity index (χ0) is 14.4. The molecule has 0 aromatic carbocycles. The number of hydrogen-bond acceptors (Lipinski definition) is 3. The fourth-order valence-corrected chi connectivity index (χ4v) is 2.66. The Morgan fingerprint density at radius 2 is 2.20 bits per heavy atom. The molecule has 2 rings (SSSR count). The number of likely N-dealkylation sites (tertiary alicyclic amines) is 1. The van der Waals surface area contributed by atoms with Gasteiger partial charge in [0.15, 0.2) is 0 Å². The molecule has 110 valence electrons. The Morgan fingerprint density at radius 1 is 1.35 bits per heavy atom. The first kappa shape index (κ1) is 14.6. The zero-order valence-electron chi connectivity index (χ0n) is 11.6. The van der Waals surface area contributed by atoms with Crippen LogP contribution in [0.2, 0.25) is 0 Å². The van der Waals surface area contributed by atoms with E-state index in [2.05, 4.69) is 4.98 Å². The highest BCUT2D eigenvalue weighted by molar-refractivity contribution is 5.76. The monoisotopic (exact) mass is 279 g/mol. The van der Waals surface area contributed by atoms with E-state index in [9.17, 15) is 9.59 Å². The van der Waals surface area contributed by atoms with Gasteiger partial charge in [-0.05, 0) is 25.2 Å². The molecule has 1 aromatic rings. The van der Waals surface area contributed by atoms with Crippen molar-refractivity contribution in [1.82, 2.24) is 14.5 Å². The molecule has 6 heteroatoms. The van der Waals surface area contributed by atoms with Crippen molar-refractivity contribution >= 4 is 11.9 Å². The fraction of sp³-hybridized carbons (Fsp3) is 0.643. The van der Waals surface area contributed by atoms with Crippen LogP contribution in [0.25, 0.3) is 0 Å². The van der Waals surface area contributed by atoms with Crippen LogP contribution >= 0.6 is 0 Å². The van der Waals surface area contributed by atoms with Crippen LogP contribution < -0.4 is 0 Å². The normalized spacial score (nSPS) is 19.0. The summed E-state index contributed by atoms with van der Waals surface area (Å²) < 4.78 is 1.89. The minimum atomic E-state index is -0.756. The molecular formula is C14H21N3O3. The number of carboxylic acid groups (broad SMARTS) is 1. The van der Waals surface area contributed by atoms with Crippen molar-refractivity contribution in [2.75, 3.05) is 13.1 Å². The molecule has 0 saturated carbocycles. The molecule has 1 aliphatic heterocycles. The lowest BCUT2D eigenvalue weighted by molar-refractivity contribution is -0.137. The molecular weight excluding hydrogens is 258 g/mol. The van der Waals surface area contributed by atoms with Crippen molar-refractivity contribution < 1.29 is 14.7 Å². The predicted octanol–water partition coefficient (Wildman–Crippen LogP) is 1.38. The van der Waals surface area contributed by atoms with Crippen LogP contribution in [0.15, 0.2) is 18.7 Å². The molecule has 0 spiro atoms. The van der Waals surface area contributed by atoms with E-state index in [1.54, 1.807) is 12.5 Å². The van der Waals surface area contributed by atoms with Crippen LogP contribution in [0, 0.1) is 5.92 Å². The SMILES string of the molecule is O=C(O)CCC1CCCN(C(=O)CCn2ccnc2)C1. The first-order valence-electron chi connectivity index (χ1n) is 7.10. The third-order valence-electron chi connectivity index (χ3n) is 3.78. The molecule has 0 bridgehead atoms. The number of carboxylic acids is 1. The molecule has 1 atom stereocenters. The van der Waals surface area contributed by atoms with Crippen molar-refractivity contribution in [2.45, 2.75) is 38.6 Å². The van der Waals surface area contributed by atoms with Gasteiger partial charge in [-0.3, -0.25) is 9.59 Å². The summed E-state index contributed by atoms with van der Waals surface area (Å²) in [6.07, 6.45) is 8.59. The number of carbonyl (C=O) groups is 2. The van der Waals surface area contributed by atoms with Gasteiger partial charge >= 0.3 is 5.97 Å². The average molecular weight is 279 g/mol. The van der Waals surface area contributed by atoms with Gasteiger partial charge in [-0.1, -0.05) is 0 Å². The fourth-order valence-electron chi connectivity index (χ4n) is 2.66. The summed E-state index contributed by atoms with van der Waals surface area (Å²) in [5.74, 6) is -0.274. The van der Waals surface area contributed by atoms with E-state index in [0.29, 0.717) is 31.8 Å². The molecule has 0 aliphatic carbocycles. The van der Waals surface area contributed by atoms with Crippen molar-refractivity contribution in [2.24, 2.45) is 5.92 Å². The molecule has 6 nitrogen and oxygen atoms in total. The van der Waals surface area contributed by atoms with Gasteiger partial charge in [0, 0.05) is 44.9 Å². The van der Waals surface area contributed by atoms with E-state index in [1.807, 2.05) is 15.7 Å². The third kappa shape index (κ3) is 4.36. The Balaban J connectivity index is 1.76. The van der Waals surface area contributed by atoms with Crippen molar-refractivity contribution in [3.05, 3.63) is 18.7 Å². The third-order valence-corrected chi connectivity index (χ3v) is 3.78. The summed E-state index contributed by atoms with van der Waals surface area (Å²) in [5.41, 5.74) is 0. The highest BCUT2D eigenvalue weighted by Gasteiger charge is 2.23. The lowest BCUT2D eigenvalue weighted by atomic mass is 9.93. The van der Waals surface area contributed by atoms with Crippen LogP contribution in [-0.2, 0) is 16.1 Å². The second-order valence-electron chi connectivity index (χ2n) is 5.33. The lowest BCUT2D eigenvalue weighted by Gasteiger charge is -2.32. The topological polar surface area (TPSA) is 75.4 Å². The van der Waals surface area contributed by atoms with Gasteiger partial charge in [-0.2, -0.15) is 0 Å². The first-order chi connectivity index (χ1) is 9.65. The Labute approximate surface area is 118 Å². The van der Waals surface area contributed by atoms with Crippen molar-refractivity contribution in [3.8, 4) is 0 Å². The van der Waals surface area contributed by atoms with Gasteiger partial charge in [-0.15, -0.1) is 0 Å². The smallest absolute Gasteiger partial charge is 0.303 e. The number of hydrogen-bond donors (Lipinski definition) is 1. The summed E-state index contributed by atoms with van der Waals surface area (Å²) in [6, 6.07) is 0. The van der Waals surface area contributed by atoms with Crippen LogP contribution in [0.5, 0.6) is 0 Å². The molecule has 0 radical (unpaired) electrons. The molecule has 1 N–H and O–H groups in total. The molecule has 2 heterocycles. The van der Waals surface area contributed by atoms with Crippen LogP contribution in [-0.4, -0.2) is 44.5 Å². The quantitative estimate of drug-likeness (QED) is 0.853. The molecule has 1 fully saturated rings. The maximum absolute atomic E-state index is 12.2. The van der Waals surface area contributed by atoms with E-state index in [1.165, 1.54) is 0 Å². The van der Waals surface area contributed by atoms with E-state index in [0.717, 1.165) is 19.4 Å². The maximum atomic E-state index is 12.2. The summed E-state index contributed by atoms with van der Waals surface area (Å²) >= 11 is 0. The van der Waals surface area contributed by atoms with Gasteiger partial charge in [0.2, 0.25) is 5.91 Å². The second kappa shape index (κ2) is 7.07. The first-order valence-corrected chi connectivity index (χ1v) is 7.10. The number of rotatable bonds is 6. The standard InChI is InChI=1S/C14H21N3O3/c18-13(5-8-16-9-6-15-11-16)17-7-1-2-12(10-17)3-4-14(19)20/h6,9,11-12H,1-5,7-8,10H2,(H,19,20). The number of aliphatic carboxylic acids is 1. The Bertz CT molecular complexity index is 445. The van der Waals surface area contributed by atoms with Crippen molar-refractivity contribution in [1.29, 1.82) is 0 Å². The molecule has 20 heavy (non-hydrogen) atoms. The number of amides is 1. The highest BCUT2D eigenvalue weighted by atomic mass is 16.4. The highest BCUT2D eigenvalue weighted by Crippen LogP contribution is 2.21. The van der Waals surface area contributed by atoms with Gasteiger partial charge in [0.25, 0.3) is 0 Å². The molecule has 1 unspecified atom stereocenters. The molecule has 1 amide bonds. The zero-order valence-corrected chi connectivity index (χ0v) is 11.6. The summed E-state index contributed by atoms with van der Waals surface area (Å²) in [6.45, 7) is 2.15. The van der Waals surface area contributed by atoms with Gasteiger partial charge < -0.3 is 14.6 Å². The molecule has 1 aliphatic rings. The largest absolute Gasteiger partial charge is 0.481 e. The van der Waals surface area contributed by atoms with Gasteiger partial charge in [0.1, 0.15) is 0 Å². The predicted molar refractivity (Wildman–Crippen MR) is 73.0 cm³/mol. The van der Waals surface area contributed by atoms with E-state index >= 15 is 0 Å². The van der Waals surface area contributed by atoms with Gasteiger partial charge in [-0.25, -0.2) is 4.98 Å². The number of carbonyl (C=O) groups excluding carboxylic acids is 1. The van der Waals surface area contributed by atoms with E-state index < -0.39 is 5.97 Å². The summed E-state index contributed by atoms with van der Waals surface area (Å²) in [7, 11) is 0. The second-order valence-corrected chi connectivity index (χ2v) is 5.33. The number of aromatic nitrogens is 2. The minimum absolute atomic E-state index is 0.152. The average Bonchev–Trinajstić information content (AvgIpc) is 2.96. The number of nitrogens with zero attached hydrogens (tertiary/aromatic N) is 3. The minimum Gasteiger partial charge on any atom is -0.481 e. The van der Waals surface area contributed by atoms with Crippen molar-refractivity contribution in [3.63, 3.8) is 0 Å². The van der Waals surface area contributed by atoms with Gasteiger partial charge in [0.05, 0.1) is 6.33 Å².